The van der Waals surface area contributed by atoms with Crippen LogP contribution >= 0.6 is 0 Å². The van der Waals surface area contributed by atoms with Crippen LogP contribution in [0.1, 0.15) is 342 Å². The maximum atomic E-state index is 12.9. The molecule has 0 saturated heterocycles. The number of carbonyl (C=O) groups is 3. The lowest BCUT2D eigenvalue weighted by molar-refractivity contribution is -0.167. The molecule has 0 aliphatic rings. The zero-order chi connectivity index (χ0) is 52.9. The Balaban J connectivity index is 4.32. The van der Waals surface area contributed by atoms with Crippen molar-refractivity contribution in [2.24, 2.45) is 0 Å². The van der Waals surface area contributed by atoms with Crippen molar-refractivity contribution in [3.8, 4) is 0 Å². The Morgan fingerprint density at radius 2 is 0.507 bits per heavy atom. The van der Waals surface area contributed by atoms with E-state index in [9.17, 15) is 14.4 Å². The van der Waals surface area contributed by atoms with E-state index in [0.29, 0.717) is 19.3 Å². The van der Waals surface area contributed by atoms with Crippen molar-refractivity contribution >= 4 is 17.9 Å². The lowest BCUT2D eigenvalue weighted by atomic mass is 10.0. The van der Waals surface area contributed by atoms with E-state index in [1.807, 2.05) is 0 Å². The minimum absolute atomic E-state index is 0.0766. The van der Waals surface area contributed by atoms with E-state index in [2.05, 4.69) is 69.4 Å². The minimum atomic E-state index is -0.779. The third-order valence-electron chi connectivity index (χ3n) is 14.3. The summed E-state index contributed by atoms with van der Waals surface area (Å²) in [5.41, 5.74) is 0. The zero-order valence-corrected chi connectivity index (χ0v) is 48.9. The Kier molecular flexibility index (Phi) is 59.7. The summed E-state index contributed by atoms with van der Waals surface area (Å²) in [6.07, 6.45) is 76.8. The number of carbonyl (C=O) groups excluding carboxylic acids is 3. The molecule has 6 nitrogen and oxygen atoms in total. The molecule has 0 rings (SSSR count). The molecule has 0 spiro atoms. The molecular formula is C67H122O6. The number of hydrogen-bond donors (Lipinski definition) is 0. The maximum Gasteiger partial charge on any atom is 0.306 e. The van der Waals surface area contributed by atoms with Gasteiger partial charge in [-0.3, -0.25) is 14.4 Å². The predicted octanol–water partition coefficient (Wildman–Crippen LogP) is 21.8. The highest BCUT2D eigenvalue weighted by molar-refractivity contribution is 5.71. The average Bonchev–Trinajstić information content (AvgIpc) is 3.39. The number of ether oxygens (including phenoxy) is 3. The number of hydrogen-bond acceptors (Lipinski definition) is 6. The third kappa shape index (κ3) is 60.1. The highest BCUT2D eigenvalue weighted by atomic mass is 16.6. The minimum Gasteiger partial charge on any atom is -0.462 e. The molecule has 1 atom stereocenters. The molecule has 0 aliphatic carbocycles. The fraction of sp³-hybridized carbons (Fsp3) is 0.836. The Labute approximate surface area is 454 Å². The number of esters is 3. The fourth-order valence-electron chi connectivity index (χ4n) is 9.43. The molecule has 0 amide bonds. The summed E-state index contributed by atoms with van der Waals surface area (Å²) >= 11 is 0. The van der Waals surface area contributed by atoms with Crippen LogP contribution < -0.4 is 0 Å². The Morgan fingerprint density at radius 1 is 0.274 bits per heavy atom. The first kappa shape index (κ1) is 70.4. The fourth-order valence-corrected chi connectivity index (χ4v) is 9.43. The van der Waals surface area contributed by atoms with Crippen LogP contribution in [0.5, 0.6) is 0 Å². The summed E-state index contributed by atoms with van der Waals surface area (Å²) in [7, 11) is 0. The molecule has 0 aliphatic heterocycles. The first-order valence-electron chi connectivity index (χ1n) is 32.1. The van der Waals surface area contributed by atoms with Gasteiger partial charge in [-0.05, 0) is 77.0 Å². The summed E-state index contributed by atoms with van der Waals surface area (Å²) in [4.78, 5) is 38.3. The molecule has 0 aromatic heterocycles. The van der Waals surface area contributed by atoms with Crippen molar-refractivity contribution in [2.45, 2.75) is 348 Å². The molecule has 426 valence electrons. The Morgan fingerprint density at radius 3 is 0.795 bits per heavy atom. The second-order valence-electron chi connectivity index (χ2n) is 21.7. The average molecular weight is 1020 g/mol. The normalized spacial score (nSPS) is 12.3. The van der Waals surface area contributed by atoms with Crippen LogP contribution in [-0.2, 0) is 28.6 Å². The van der Waals surface area contributed by atoms with Gasteiger partial charge >= 0.3 is 17.9 Å². The SMILES string of the molecule is CCCC/C=C\C/C=C\CCCCCCCC(=O)OCC(COC(=O)CCCCCCCCCCC/C=C\C/C=C\CCCCCCC)OC(=O)CCCCCCCCCCCCCCCCCCCCCC. The van der Waals surface area contributed by atoms with E-state index in [1.165, 1.54) is 218 Å². The van der Waals surface area contributed by atoms with Crippen LogP contribution in [0.15, 0.2) is 48.6 Å². The van der Waals surface area contributed by atoms with Gasteiger partial charge in [-0.15, -0.1) is 0 Å². The van der Waals surface area contributed by atoms with Gasteiger partial charge in [0.2, 0.25) is 0 Å². The molecule has 0 aromatic rings. The van der Waals surface area contributed by atoms with Crippen LogP contribution in [0.25, 0.3) is 0 Å². The van der Waals surface area contributed by atoms with Gasteiger partial charge in [-0.2, -0.15) is 0 Å². The number of allylic oxidation sites excluding steroid dienone is 8. The van der Waals surface area contributed by atoms with Gasteiger partial charge in [-0.1, -0.05) is 294 Å². The number of unbranched alkanes of at least 4 members (excludes halogenated alkanes) is 40. The van der Waals surface area contributed by atoms with E-state index >= 15 is 0 Å². The van der Waals surface area contributed by atoms with Gasteiger partial charge in [0, 0.05) is 19.3 Å². The lowest BCUT2D eigenvalue weighted by Gasteiger charge is -2.18. The van der Waals surface area contributed by atoms with Crippen LogP contribution in [0.3, 0.4) is 0 Å². The largest absolute Gasteiger partial charge is 0.462 e. The molecule has 0 radical (unpaired) electrons. The molecule has 73 heavy (non-hydrogen) atoms. The molecule has 1 unspecified atom stereocenters. The summed E-state index contributed by atoms with van der Waals surface area (Å²) in [6.45, 7) is 6.63. The molecule has 0 heterocycles. The third-order valence-corrected chi connectivity index (χ3v) is 14.3. The first-order valence-corrected chi connectivity index (χ1v) is 32.1. The Hall–Kier alpha value is -2.63. The molecule has 0 N–H and O–H groups in total. The highest BCUT2D eigenvalue weighted by Gasteiger charge is 2.19. The van der Waals surface area contributed by atoms with Crippen molar-refractivity contribution in [3.63, 3.8) is 0 Å². The molecule has 6 heteroatoms. The molecule has 0 bridgehead atoms. The highest BCUT2D eigenvalue weighted by Crippen LogP contribution is 2.17. The predicted molar refractivity (Wildman–Crippen MR) is 316 cm³/mol. The van der Waals surface area contributed by atoms with Gasteiger partial charge in [0.15, 0.2) is 6.10 Å². The van der Waals surface area contributed by atoms with Gasteiger partial charge in [0.05, 0.1) is 0 Å². The maximum absolute atomic E-state index is 12.9. The second kappa shape index (κ2) is 61.9. The van der Waals surface area contributed by atoms with E-state index < -0.39 is 6.10 Å². The molecule has 0 saturated carbocycles. The molecule has 0 fully saturated rings. The Bertz CT molecular complexity index is 1270. The van der Waals surface area contributed by atoms with E-state index in [-0.39, 0.29) is 31.1 Å². The summed E-state index contributed by atoms with van der Waals surface area (Å²) in [5.74, 6) is -0.873. The lowest BCUT2D eigenvalue weighted by Crippen LogP contribution is -2.30. The van der Waals surface area contributed by atoms with Crippen LogP contribution in [0, 0.1) is 0 Å². The monoisotopic (exact) mass is 1020 g/mol. The van der Waals surface area contributed by atoms with E-state index in [1.54, 1.807) is 0 Å². The molecular weight excluding hydrogens is 901 g/mol. The van der Waals surface area contributed by atoms with Crippen molar-refractivity contribution < 1.29 is 28.6 Å². The quantitative estimate of drug-likeness (QED) is 0.0261. The van der Waals surface area contributed by atoms with Gasteiger partial charge in [0.1, 0.15) is 13.2 Å². The van der Waals surface area contributed by atoms with Gasteiger partial charge in [0.25, 0.3) is 0 Å². The number of rotatable bonds is 59. The summed E-state index contributed by atoms with van der Waals surface area (Å²) < 4.78 is 16.9. The summed E-state index contributed by atoms with van der Waals surface area (Å²) in [5, 5.41) is 0. The summed E-state index contributed by atoms with van der Waals surface area (Å²) in [6, 6.07) is 0. The van der Waals surface area contributed by atoms with Crippen LogP contribution in [0.4, 0.5) is 0 Å². The van der Waals surface area contributed by atoms with Crippen molar-refractivity contribution in [1.29, 1.82) is 0 Å². The van der Waals surface area contributed by atoms with E-state index in [4.69, 9.17) is 14.2 Å². The van der Waals surface area contributed by atoms with Crippen molar-refractivity contribution in [1.82, 2.24) is 0 Å². The van der Waals surface area contributed by atoms with Gasteiger partial charge < -0.3 is 14.2 Å². The van der Waals surface area contributed by atoms with Crippen molar-refractivity contribution in [2.75, 3.05) is 13.2 Å². The smallest absolute Gasteiger partial charge is 0.306 e. The standard InChI is InChI=1S/C67H122O6/c1-4-7-10-13-16-19-22-25-28-30-32-34-36-37-39-42-45-48-51-54-57-60-66(69)72-63-64(62-71-65(68)59-56-53-50-47-44-41-27-24-21-18-15-12-9-6-3)73-67(70)61-58-55-52-49-46-43-40-38-35-33-31-29-26-23-20-17-14-11-8-5-2/h15,18,22,24-25,27,30,32,64H,4-14,16-17,19-21,23,26,28-29,31,33-63H2,1-3H3/b18-15-,25-22-,27-24-,32-30-. The van der Waals surface area contributed by atoms with Gasteiger partial charge in [-0.25, -0.2) is 0 Å². The molecule has 0 aromatic carbocycles. The topological polar surface area (TPSA) is 78.9 Å². The van der Waals surface area contributed by atoms with Crippen LogP contribution in [0.2, 0.25) is 0 Å². The van der Waals surface area contributed by atoms with E-state index in [0.717, 1.165) is 83.5 Å². The first-order chi connectivity index (χ1) is 36.0. The van der Waals surface area contributed by atoms with Crippen LogP contribution in [-0.4, -0.2) is 37.2 Å². The zero-order valence-electron chi connectivity index (χ0n) is 48.9. The van der Waals surface area contributed by atoms with Crippen molar-refractivity contribution in [3.05, 3.63) is 48.6 Å². The second-order valence-corrected chi connectivity index (χ2v) is 21.7.